The summed E-state index contributed by atoms with van der Waals surface area (Å²) in [7, 11) is 0. The van der Waals surface area contributed by atoms with Gasteiger partial charge in [0, 0.05) is 19.0 Å². The van der Waals surface area contributed by atoms with E-state index in [2.05, 4.69) is 0 Å². The van der Waals surface area contributed by atoms with Crippen LogP contribution in [0.4, 0.5) is 0 Å². The normalized spacial score (nSPS) is 12.2. The molecule has 0 aliphatic heterocycles. The molecule has 4 nitrogen and oxygen atoms in total. The fraction of sp³-hybridized carbons (Fsp3) is 0.833. The molecule has 0 radical (unpaired) electrons. The molecule has 0 aliphatic carbocycles. The summed E-state index contributed by atoms with van der Waals surface area (Å²) >= 11 is 0. The molecule has 0 heterocycles. The molecule has 0 spiro atoms. The maximum absolute atomic E-state index is 11.8. The molecule has 0 aliphatic rings. The van der Waals surface area contributed by atoms with Crippen molar-refractivity contribution in [3.63, 3.8) is 0 Å². The van der Waals surface area contributed by atoms with E-state index in [4.69, 9.17) is 5.11 Å². The van der Waals surface area contributed by atoms with Gasteiger partial charge in [-0.3, -0.25) is 9.59 Å². The Kier molecular flexibility index (Phi) is 7.60. The lowest BCUT2D eigenvalue weighted by Crippen LogP contribution is -2.39. The number of carboxylic acids is 1. The number of hydrogen-bond donors (Lipinski definition) is 1. The molecule has 1 amide bonds. The first-order chi connectivity index (χ1) is 7.52. The summed E-state index contributed by atoms with van der Waals surface area (Å²) in [6, 6.07) is 0.128. The summed E-state index contributed by atoms with van der Waals surface area (Å²) in [5.41, 5.74) is 0. The van der Waals surface area contributed by atoms with E-state index in [1.54, 1.807) is 4.90 Å². The van der Waals surface area contributed by atoms with E-state index in [-0.39, 0.29) is 18.4 Å². The Labute approximate surface area is 97.6 Å². The molecule has 0 aromatic rings. The molecule has 16 heavy (non-hydrogen) atoms. The van der Waals surface area contributed by atoms with Crippen molar-refractivity contribution in [1.29, 1.82) is 0 Å². The van der Waals surface area contributed by atoms with Crippen molar-refractivity contribution in [3.8, 4) is 0 Å². The molecule has 1 atom stereocenters. The molecule has 0 fully saturated rings. The highest BCUT2D eigenvalue weighted by Gasteiger charge is 2.18. The second-order valence-electron chi connectivity index (χ2n) is 4.09. The molecule has 0 rings (SSSR count). The number of carbonyl (C=O) groups excluding carboxylic acids is 1. The largest absolute Gasteiger partial charge is 0.481 e. The van der Waals surface area contributed by atoms with Crippen molar-refractivity contribution in [2.75, 3.05) is 6.54 Å². The molecule has 1 N–H and O–H groups in total. The number of nitrogens with zero attached hydrogens (tertiary/aromatic N) is 1. The monoisotopic (exact) mass is 229 g/mol. The van der Waals surface area contributed by atoms with Gasteiger partial charge in [0.25, 0.3) is 0 Å². The molecule has 0 bridgehead atoms. The van der Waals surface area contributed by atoms with Crippen molar-refractivity contribution < 1.29 is 14.7 Å². The summed E-state index contributed by atoms with van der Waals surface area (Å²) in [6.45, 7) is 6.34. The van der Waals surface area contributed by atoms with Crippen LogP contribution >= 0.6 is 0 Å². The van der Waals surface area contributed by atoms with Crippen molar-refractivity contribution in [2.24, 2.45) is 0 Å². The predicted octanol–water partition coefficient (Wildman–Crippen LogP) is 2.28. The Morgan fingerprint density at radius 1 is 1.25 bits per heavy atom. The Morgan fingerprint density at radius 3 is 2.31 bits per heavy atom. The fourth-order valence-corrected chi connectivity index (χ4v) is 1.50. The van der Waals surface area contributed by atoms with E-state index < -0.39 is 5.97 Å². The van der Waals surface area contributed by atoms with Gasteiger partial charge >= 0.3 is 5.97 Å². The number of rotatable bonds is 8. The lowest BCUT2D eigenvalue weighted by molar-refractivity contribution is -0.139. The average Bonchev–Trinajstić information content (AvgIpc) is 2.25. The maximum atomic E-state index is 11.8. The van der Waals surface area contributed by atoms with Crippen molar-refractivity contribution >= 4 is 11.9 Å². The Balaban J connectivity index is 4.29. The first-order valence-corrected chi connectivity index (χ1v) is 6.04. The summed E-state index contributed by atoms with van der Waals surface area (Å²) in [4.78, 5) is 24.1. The zero-order chi connectivity index (χ0) is 12.6. The summed E-state index contributed by atoms with van der Waals surface area (Å²) in [6.07, 6.45) is 3.28. The topological polar surface area (TPSA) is 57.6 Å². The number of hydrogen-bond acceptors (Lipinski definition) is 2. The van der Waals surface area contributed by atoms with Crippen LogP contribution in [-0.4, -0.2) is 34.5 Å². The standard InChI is InChI=1S/C12H23NO3/c1-4-6-7-11(14)13(10(3)5-2)9-8-12(15)16/h10H,4-9H2,1-3H3,(H,15,16). The molecule has 0 aromatic heterocycles. The second kappa shape index (κ2) is 8.13. The van der Waals surface area contributed by atoms with Crippen LogP contribution in [0.2, 0.25) is 0 Å². The minimum atomic E-state index is -0.850. The predicted molar refractivity (Wildman–Crippen MR) is 63.2 cm³/mol. The number of carbonyl (C=O) groups is 2. The Morgan fingerprint density at radius 2 is 1.88 bits per heavy atom. The van der Waals surface area contributed by atoms with Gasteiger partial charge in [-0.15, -0.1) is 0 Å². The van der Waals surface area contributed by atoms with Gasteiger partial charge in [0.05, 0.1) is 6.42 Å². The van der Waals surface area contributed by atoms with Gasteiger partial charge in [-0.1, -0.05) is 20.3 Å². The third-order valence-corrected chi connectivity index (χ3v) is 2.75. The molecule has 0 aromatic carbocycles. The van der Waals surface area contributed by atoms with Crippen LogP contribution in [0.1, 0.15) is 52.9 Å². The van der Waals surface area contributed by atoms with Crippen LogP contribution < -0.4 is 0 Å². The molecule has 0 saturated heterocycles. The highest BCUT2D eigenvalue weighted by molar-refractivity contribution is 5.77. The summed E-state index contributed by atoms with van der Waals surface area (Å²) < 4.78 is 0. The second-order valence-corrected chi connectivity index (χ2v) is 4.09. The van der Waals surface area contributed by atoms with Crippen LogP contribution in [-0.2, 0) is 9.59 Å². The van der Waals surface area contributed by atoms with E-state index in [1.807, 2.05) is 20.8 Å². The number of amides is 1. The van der Waals surface area contributed by atoms with Crippen molar-refractivity contribution in [3.05, 3.63) is 0 Å². The van der Waals surface area contributed by atoms with Crippen LogP contribution in [0.15, 0.2) is 0 Å². The maximum Gasteiger partial charge on any atom is 0.305 e. The van der Waals surface area contributed by atoms with E-state index in [9.17, 15) is 9.59 Å². The van der Waals surface area contributed by atoms with E-state index in [0.717, 1.165) is 19.3 Å². The molecule has 4 heteroatoms. The van der Waals surface area contributed by atoms with Gasteiger partial charge in [-0.2, -0.15) is 0 Å². The van der Waals surface area contributed by atoms with Gasteiger partial charge in [0.1, 0.15) is 0 Å². The lowest BCUT2D eigenvalue weighted by atomic mass is 10.1. The van der Waals surface area contributed by atoms with Crippen LogP contribution in [0.5, 0.6) is 0 Å². The van der Waals surface area contributed by atoms with Crippen molar-refractivity contribution in [1.82, 2.24) is 4.90 Å². The van der Waals surface area contributed by atoms with Crippen LogP contribution in [0, 0.1) is 0 Å². The summed E-state index contributed by atoms with van der Waals surface area (Å²) in [5.74, 6) is -0.769. The first-order valence-electron chi connectivity index (χ1n) is 6.04. The van der Waals surface area contributed by atoms with Gasteiger partial charge in [-0.25, -0.2) is 0 Å². The van der Waals surface area contributed by atoms with E-state index in [1.165, 1.54) is 0 Å². The zero-order valence-corrected chi connectivity index (χ0v) is 10.5. The fourth-order valence-electron chi connectivity index (χ4n) is 1.50. The lowest BCUT2D eigenvalue weighted by Gasteiger charge is -2.28. The molecular formula is C12H23NO3. The highest BCUT2D eigenvalue weighted by atomic mass is 16.4. The molecular weight excluding hydrogens is 206 g/mol. The smallest absolute Gasteiger partial charge is 0.305 e. The highest BCUT2D eigenvalue weighted by Crippen LogP contribution is 2.09. The van der Waals surface area contributed by atoms with Gasteiger partial charge in [0.15, 0.2) is 0 Å². The van der Waals surface area contributed by atoms with Gasteiger partial charge < -0.3 is 10.0 Å². The molecule has 1 unspecified atom stereocenters. The average molecular weight is 229 g/mol. The number of aliphatic carboxylic acids is 1. The Hall–Kier alpha value is -1.06. The Bertz CT molecular complexity index is 228. The van der Waals surface area contributed by atoms with E-state index >= 15 is 0 Å². The SMILES string of the molecule is CCCCC(=O)N(CCC(=O)O)C(C)CC. The minimum absolute atomic E-state index is 0.0300. The van der Waals surface area contributed by atoms with Gasteiger partial charge in [-0.05, 0) is 19.8 Å². The number of unbranched alkanes of at least 4 members (excludes halogenated alkanes) is 1. The van der Waals surface area contributed by atoms with Crippen LogP contribution in [0.3, 0.4) is 0 Å². The van der Waals surface area contributed by atoms with Crippen molar-refractivity contribution in [2.45, 2.75) is 58.9 Å². The van der Waals surface area contributed by atoms with Crippen LogP contribution in [0.25, 0.3) is 0 Å². The first kappa shape index (κ1) is 14.9. The molecule has 0 saturated carbocycles. The number of carboxylic acid groups (broad SMARTS) is 1. The van der Waals surface area contributed by atoms with Gasteiger partial charge in [0.2, 0.25) is 5.91 Å². The molecule has 94 valence electrons. The zero-order valence-electron chi connectivity index (χ0n) is 10.5. The summed E-state index contributed by atoms with van der Waals surface area (Å²) in [5, 5.41) is 8.64. The third-order valence-electron chi connectivity index (χ3n) is 2.75. The third kappa shape index (κ3) is 5.73. The van der Waals surface area contributed by atoms with E-state index in [0.29, 0.717) is 13.0 Å². The quantitative estimate of drug-likeness (QED) is 0.694. The minimum Gasteiger partial charge on any atom is -0.481 e.